The minimum Gasteiger partial charge on any atom is -0.456 e. The number of aliphatic imine (C=N–C) groups is 2. The second kappa shape index (κ2) is 11.3. The monoisotopic (exact) mass is 666 g/mol. The third-order valence-electron chi connectivity index (χ3n) is 10.4. The highest BCUT2D eigenvalue weighted by molar-refractivity contribution is 6.32. The molecule has 1 atom stereocenters. The lowest BCUT2D eigenvalue weighted by Crippen LogP contribution is -2.33. The van der Waals surface area contributed by atoms with Crippen molar-refractivity contribution in [2.45, 2.75) is 6.17 Å². The van der Waals surface area contributed by atoms with E-state index >= 15 is 0 Å². The van der Waals surface area contributed by atoms with E-state index in [2.05, 4.69) is 143 Å². The highest BCUT2D eigenvalue weighted by atomic mass is 16.3. The minimum atomic E-state index is -0.310. The van der Waals surface area contributed by atoms with Crippen molar-refractivity contribution >= 4 is 77.0 Å². The van der Waals surface area contributed by atoms with Crippen molar-refractivity contribution < 1.29 is 4.42 Å². The molecule has 1 aliphatic heterocycles. The summed E-state index contributed by atoms with van der Waals surface area (Å²) in [6.07, 6.45) is -0.310. The zero-order valence-electron chi connectivity index (χ0n) is 28.0. The molecule has 0 bridgehead atoms. The molecule has 1 N–H and O–H groups in total. The van der Waals surface area contributed by atoms with Gasteiger partial charge in [0.1, 0.15) is 23.2 Å². The number of hydrogen-bond acceptors (Lipinski definition) is 4. The highest BCUT2D eigenvalue weighted by Crippen LogP contribution is 2.44. The van der Waals surface area contributed by atoms with Gasteiger partial charge in [0.15, 0.2) is 5.84 Å². The van der Waals surface area contributed by atoms with Gasteiger partial charge in [-0.3, -0.25) is 0 Å². The Kier molecular flexibility index (Phi) is 6.25. The number of rotatable bonds is 4. The average molecular weight is 667 g/mol. The number of aromatic nitrogens is 1. The zero-order valence-corrected chi connectivity index (χ0v) is 28.0. The first-order chi connectivity index (χ1) is 25.8. The second-order valence-electron chi connectivity index (χ2n) is 13.4. The molecule has 0 amide bonds. The molecule has 0 radical (unpaired) electrons. The van der Waals surface area contributed by atoms with Crippen LogP contribution in [0.3, 0.4) is 0 Å². The van der Waals surface area contributed by atoms with Gasteiger partial charge in [-0.15, -0.1) is 0 Å². The molecule has 10 aromatic rings. The van der Waals surface area contributed by atoms with Crippen molar-refractivity contribution in [1.82, 2.24) is 9.88 Å². The zero-order chi connectivity index (χ0) is 34.2. The summed E-state index contributed by atoms with van der Waals surface area (Å²) >= 11 is 0. The molecule has 3 heterocycles. The summed E-state index contributed by atoms with van der Waals surface area (Å²) < 4.78 is 9.01. The predicted molar refractivity (Wildman–Crippen MR) is 215 cm³/mol. The third kappa shape index (κ3) is 4.36. The van der Waals surface area contributed by atoms with Crippen molar-refractivity contribution in [3.05, 3.63) is 187 Å². The molecule has 0 aliphatic carbocycles. The molecule has 11 rings (SSSR count). The molecular formula is C47H30N4O. The van der Waals surface area contributed by atoms with Crippen LogP contribution >= 0.6 is 0 Å². The van der Waals surface area contributed by atoms with Gasteiger partial charge in [-0.1, -0.05) is 133 Å². The lowest BCUT2D eigenvalue weighted by molar-refractivity contribution is 0.669. The van der Waals surface area contributed by atoms with Crippen LogP contribution in [0.2, 0.25) is 0 Å². The molecule has 5 heteroatoms. The van der Waals surface area contributed by atoms with Crippen molar-refractivity contribution in [2.24, 2.45) is 9.98 Å². The maximum atomic E-state index is 6.59. The fourth-order valence-electron chi connectivity index (χ4n) is 8.05. The number of nitrogens with one attached hydrogen (secondary N) is 1. The molecule has 2 aromatic heterocycles. The summed E-state index contributed by atoms with van der Waals surface area (Å²) in [5, 5.41) is 13.2. The molecule has 244 valence electrons. The van der Waals surface area contributed by atoms with Gasteiger partial charge in [0.05, 0.1) is 16.4 Å². The van der Waals surface area contributed by atoms with Crippen LogP contribution in [0.1, 0.15) is 22.9 Å². The Labute approximate surface area is 298 Å². The number of fused-ring (bicyclic) bond motifs is 11. The van der Waals surface area contributed by atoms with Crippen LogP contribution < -0.4 is 5.32 Å². The summed E-state index contributed by atoms with van der Waals surface area (Å²) in [6.45, 7) is 0. The molecule has 0 spiro atoms. The summed E-state index contributed by atoms with van der Waals surface area (Å²) in [4.78, 5) is 10.1. The first-order valence-electron chi connectivity index (χ1n) is 17.6. The van der Waals surface area contributed by atoms with E-state index in [1.54, 1.807) is 0 Å². The van der Waals surface area contributed by atoms with Crippen molar-refractivity contribution in [3.63, 3.8) is 0 Å². The Morgan fingerprint density at radius 1 is 0.500 bits per heavy atom. The number of benzene rings is 8. The summed E-state index contributed by atoms with van der Waals surface area (Å²) in [5.41, 5.74) is 8.20. The van der Waals surface area contributed by atoms with Gasteiger partial charge in [-0.2, -0.15) is 0 Å². The molecule has 0 fully saturated rings. The fraction of sp³-hybridized carbons (Fsp3) is 0.0213. The van der Waals surface area contributed by atoms with Gasteiger partial charge in [-0.05, 0) is 63.5 Å². The Hall–Kier alpha value is -6.98. The topological polar surface area (TPSA) is 54.8 Å². The van der Waals surface area contributed by atoms with Gasteiger partial charge in [0, 0.05) is 33.0 Å². The Balaban J connectivity index is 1.14. The van der Waals surface area contributed by atoms with Crippen LogP contribution in [-0.4, -0.2) is 16.2 Å². The Morgan fingerprint density at radius 2 is 1.12 bits per heavy atom. The highest BCUT2D eigenvalue weighted by Gasteiger charge is 2.24. The van der Waals surface area contributed by atoms with E-state index in [0.717, 1.165) is 61.2 Å². The largest absolute Gasteiger partial charge is 0.456 e. The van der Waals surface area contributed by atoms with E-state index in [0.29, 0.717) is 5.84 Å². The molecular weight excluding hydrogens is 637 g/mol. The van der Waals surface area contributed by atoms with Gasteiger partial charge >= 0.3 is 0 Å². The van der Waals surface area contributed by atoms with E-state index in [4.69, 9.17) is 14.4 Å². The Morgan fingerprint density at radius 3 is 1.87 bits per heavy atom. The molecule has 1 aliphatic rings. The molecule has 52 heavy (non-hydrogen) atoms. The van der Waals surface area contributed by atoms with Gasteiger partial charge in [-0.25, -0.2) is 9.98 Å². The number of amidine groups is 2. The van der Waals surface area contributed by atoms with E-state index < -0.39 is 0 Å². The lowest BCUT2D eigenvalue weighted by atomic mass is 10.0. The first-order valence-corrected chi connectivity index (χ1v) is 17.6. The Bertz CT molecular complexity index is 3080. The predicted octanol–water partition coefficient (Wildman–Crippen LogP) is 11.5. The van der Waals surface area contributed by atoms with Crippen molar-refractivity contribution in [3.8, 4) is 5.69 Å². The van der Waals surface area contributed by atoms with Crippen LogP contribution in [0.5, 0.6) is 0 Å². The van der Waals surface area contributed by atoms with Gasteiger partial charge < -0.3 is 14.3 Å². The fourth-order valence-corrected chi connectivity index (χ4v) is 8.05. The molecule has 8 aromatic carbocycles. The summed E-state index contributed by atoms with van der Waals surface area (Å²) in [5.74, 6) is 1.52. The minimum absolute atomic E-state index is 0.310. The van der Waals surface area contributed by atoms with Crippen LogP contribution in [-0.2, 0) is 0 Å². The molecule has 0 saturated heterocycles. The van der Waals surface area contributed by atoms with E-state index in [1.165, 1.54) is 32.3 Å². The normalized spacial score (nSPS) is 14.7. The maximum Gasteiger partial charge on any atom is 0.159 e. The maximum absolute atomic E-state index is 6.59. The SMILES string of the molecule is c1ccc(C2=NC(c3ccc(-n4c5ccc6ccccc6c5c5ccc6oc7ccc8ccccc8c7c6c54)cc3)NC(c3ccccc3)=N2)cc1. The number of hydrogen-bond donors (Lipinski definition) is 1. The van der Waals surface area contributed by atoms with Crippen molar-refractivity contribution in [1.29, 1.82) is 0 Å². The summed E-state index contributed by atoms with van der Waals surface area (Å²) in [7, 11) is 0. The first kappa shape index (κ1) is 28.8. The summed E-state index contributed by atoms with van der Waals surface area (Å²) in [6, 6.07) is 59.7. The van der Waals surface area contributed by atoms with E-state index in [1.807, 2.05) is 36.4 Å². The quantitative estimate of drug-likeness (QED) is 0.203. The third-order valence-corrected chi connectivity index (χ3v) is 10.4. The lowest BCUT2D eigenvalue weighted by Gasteiger charge is -2.24. The smallest absolute Gasteiger partial charge is 0.159 e. The molecule has 1 unspecified atom stereocenters. The molecule has 0 saturated carbocycles. The number of nitrogens with zero attached hydrogens (tertiary/aromatic N) is 3. The van der Waals surface area contributed by atoms with Crippen LogP contribution in [0.4, 0.5) is 0 Å². The van der Waals surface area contributed by atoms with Crippen LogP contribution in [0.25, 0.3) is 71.0 Å². The molecule has 5 nitrogen and oxygen atoms in total. The second-order valence-corrected chi connectivity index (χ2v) is 13.4. The standard InChI is InChI=1S/C47H30N4O/c1-3-13-31(14-4-1)45-48-46(32-15-5-2-6-16-32)50-47(49-45)33-19-23-34(24-20-33)51-38-26-21-29-11-7-9-17-35(29)41(38)37-25-28-40-43(44(37)51)42-36-18-10-8-12-30(36)22-27-39(42)52-40/h1-28,47H,(H,48,49,50). The number of furan rings is 1. The van der Waals surface area contributed by atoms with Gasteiger partial charge in [0.2, 0.25) is 0 Å². The van der Waals surface area contributed by atoms with E-state index in [-0.39, 0.29) is 6.17 Å². The van der Waals surface area contributed by atoms with Crippen LogP contribution in [0.15, 0.2) is 184 Å². The van der Waals surface area contributed by atoms with E-state index in [9.17, 15) is 0 Å². The van der Waals surface area contributed by atoms with Crippen molar-refractivity contribution in [2.75, 3.05) is 0 Å². The van der Waals surface area contributed by atoms with Crippen LogP contribution in [0, 0.1) is 0 Å². The van der Waals surface area contributed by atoms with Gasteiger partial charge in [0.25, 0.3) is 0 Å². The average Bonchev–Trinajstić information content (AvgIpc) is 3.78.